The molecule has 0 saturated carbocycles. The molecule has 0 radical (unpaired) electrons. The number of anilines is 1. The van der Waals surface area contributed by atoms with E-state index in [2.05, 4.69) is 9.71 Å². The molecule has 0 unspecified atom stereocenters. The van der Waals surface area contributed by atoms with Crippen molar-refractivity contribution in [3.63, 3.8) is 0 Å². The molecule has 1 fully saturated rings. The van der Waals surface area contributed by atoms with E-state index in [0.717, 1.165) is 12.4 Å². The highest BCUT2D eigenvalue weighted by Gasteiger charge is 2.31. The van der Waals surface area contributed by atoms with E-state index in [4.69, 9.17) is 4.74 Å². The number of rotatable bonds is 2. The highest BCUT2D eigenvalue weighted by Crippen LogP contribution is 2.29. The molecule has 2 aliphatic heterocycles. The third-order valence-electron chi connectivity index (χ3n) is 3.48. The first-order valence-electron chi connectivity index (χ1n) is 6.62. The minimum Gasteiger partial charge on any atom is -0.376 e. The Morgan fingerprint density at radius 3 is 2.91 bits per heavy atom. The Kier molecular flexibility index (Phi) is 3.71. The summed E-state index contributed by atoms with van der Waals surface area (Å²) in [6.07, 6.45) is 0.867. The molecule has 120 valence electrons. The van der Waals surface area contributed by atoms with Gasteiger partial charge in [-0.3, -0.25) is 0 Å². The Balaban J connectivity index is 2.03. The van der Waals surface area contributed by atoms with Gasteiger partial charge in [0.2, 0.25) is 10.0 Å². The van der Waals surface area contributed by atoms with Gasteiger partial charge in [0.05, 0.1) is 23.3 Å². The summed E-state index contributed by atoms with van der Waals surface area (Å²) in [5, 5.41) is 2.68. The van der Waals surface area contributed by atoms with E-state index >= 15 is 0 Å². The zero-order chi connectivity index (χ0) is 16.0. The van der Waals surface area contributed by atoms with Gasteiger partial charge in [0.25, 0.3) is 10.0 Å². The summed E-state index contributed by atoms with van der Waals surface area (Å²) in [5.41, 5.74) is 0.310. The zero-order valence-electron chi connectivity index (χ0n) is 11.8. The summed E-state index contributed by atoms with van der Waals surface area (Å²) in [5.74, 6) is 0. The summed E-state index contributed by atoms with van der Waals surface area (Å²) in [7, 11) is -7.64. The lowest BCUT2D eigenvalue weighted by Crippen LogP contribution is -2.44. The van der Waals surface area contributed by atoms with Crippen molar-refractivity contribution in [1.29, 1.82) is 0 Å². The van der Waals surface area contributed by atoms with Crippen molar-refractivity contribution < 1.29 is 21.6 Å². The van der Waals surface area contributed by atoms with E-state index < -0.39 is 20.0 Å². The molecule has 0 amide bonds. The zero-order valence-corrected chi connectivity index (χ0v) is 13.4. The monoisotopic (exact) mass is 345 g/mol. The summed E-state index contributed by atoms with van der Waals surface area (Å²) < 4.78 is 59.1. The number of hydrogen-bond acceptors (Lipinski definition) is 6. The predicted octanol–water partition coefficient (Wildman–Crippen LogP) is 0.239. The van der Waals surface area contributed by atoms with E-state index in [0.29, 0.717) is 12.3 Å². The number of fused-ring (bicyclic) bond motifs is 1. The summed E-state index contributed by atoms with van der Waals surface area (Å²) in [6.45, 7) is 2.59. The SMILES string of the molecule is C[C@@H]1CN(S(=O)(=O)c2ccc3c(c2)S(=O)(=O)N=CN3)CCO1. The van der Waals surface area contributed by atoms with Crippen molar-refractivity contribution in [3.8, 4) is 0 Å². The van der Waals surface area contributed by atoms with Crippen LogP contribution in [0.1, 0.15) is 6.92 Å². The molecule has 0 aromatic heterocycles. The van der Waals surface area contributed by atoms with E-state index in [1.165, 1.54) is 16.4 Å². The molecule has 0 spiro atoms. The third kappa shape index (κ3) is 2.62. The fraction of sp³-hybridized carbons (Fsp3) is 0.417. The van der Waals surface area contributed by atoms with E-state index in [-0.39, 0.29) is 29.0 Å². The van der Waals surface area contributed by atoms with Crippen LogP contribution in [0.3, 0.4) is 0 Å². The molecule has 1 aromatic rings. The van der Waals surface area contributed by atoms with Crippen molar-refractivity contribution in [3.05, 3.63) is 18.2 Å². The lowest BCUT2D eigenvalue weighted by atomic mass is 10.3. The number of nitrogens with one attached hydrogen (secondary N) is 1. The summed E-state index contributed by atoms with van der Waals surface area (Å²) >= 11 is 0. The van der Waals surface area contributed by atoms with Gasteiger partial charge in [-0.1, -0.05) is 0 Å². The molecule has 1 N–H and O–H groups in total. The number of sulfonamides is 2. The smallest absolute Gasteiger partial charge is 0.285 e. The molecule has 10 heteroatoms. The van der Waals surface area contributed by atoms with Crippen molar-refractivity contribution in [1.82, 2.24) is 4.31 Å². The quantitative estimate of drug-likeness (QED) is 0.823. The maximum absolute atomic E-state index is 12.6. The van der Waals surface area contributed by atoms with Gasteiger partial charge in [0.1, 0.15) is 11.2 Å². The Morgan fingerprint density at radius 2 is 2.18 bits per heavy atom. The molecule has 2 heterocycles. The minimum atomic E-state index is -3.87. The lowest BCUT2D eigenvalue weighted by Gasteiger charge is -2.30. The number of hydrogen-bond donors (Lipinski definition) is 1. The highest BCUT2D eigenvalue weighted by molar-refractivity contribution is 7.91. The van der Waals surface area contributed by atoms with Gasteiger partial charge in [-0.2, -0.15) is 12.7 Å². The van der Waals surface area contributed by atoms with Crippen LogP contribution >= 0.6 is 0 Å². The van der Waals surface area contributed by atoms with Gasteiger partial charge >= 0.3 is 0 Å². The molecular formula is C12H15N3O5S2. The molecule has 3 rings (SSSR count). The molecular weight excluding hydrogens is 330 g/mol. The number of benzene rings is 1. The van der Waals surface area contributed by atoms with Crippen LogP contribution in [-0.2, 0) is 24.8 Å². The maximum atomic E-state index is 12.6. The second-order valence-corrected chi connectivity index (χ2v) is 8.60. The molecule has 8 nitrogen and oxygen atoms in total. The number of morpholine rings is 1. The Bertz CT molecular complexity index is 832. The normalized spacial score (nSPS) is 24.5. The number of ether oxygens (including phenoxy) is 1. The third-order valence-corrected chi connectivity index (χ3v) is 6.62. The Hall–Kier alpha value is -1.49. The van der Waals surface area contributed by atoms with Crippen LogP contribution in [0.15, 0.2) is 32.4 Å². The van der Waals surface area contributed by atoms with Crippen LogP contribution in [0.4, 0.5) is 5.69 Å². The summed E-state index contributed by atoms with van der Waals surface area (Å²) in [6, 6.07) is 3.95. The van der Waals surface area contributed by atoms with Gasteiger partial charge in [-0.25, -0.2) is 8.42 Å². The van der Waals surface area contributed by atoms with Gasteiger partial charge < -0.3 is 10.1 Å². The van der Waals surface area contributed by atoms with Crippen LogP contribution in [0.25, 0.3) is 0 Å². The molecule has 0 bridgehead atoms. The Labute approximate surface area is 128 Å². The molecule has 1 saturated heterocycles. The first-order chi connectivity index (χ1) is 10.3. The van der Waals surface area contributed by atoms with E-state index in [1.54, 1.807) is 6.92 Å². The Morgan fingerprint density at radius 1 is 1.41 bits per heavy atom. The second-order valence-electron chi connectivity index (χ2n) is 5.06. The van der Waals surface area contributed by atoms with Crippen LogP contribution in [0.5, 0.6) is 0 Å². The minimum absolute atomic E-state index is 0.0668. The molecule has 22 heavy (non-hydrogen) atoms. The van der Waals surface area contributed by atoms with Crippen molar-refractivity contribution in [2.75, 3.05) is 25.0 Å². The van der Waals surface area contributed by atoms with E-state index in [1.807, 2.05) is 0 Å². The van der Waals surface area contributed by atoms with Crippen LogP contribution in [0.2, 0.25) is 0 Å². The summed E-state index contributed by atoms with van der Waals surface area (Å²) in [4.78, 5) is -0.208. The van der Waals surface area contributed by atoms with Gasteiger partial charge in [-0.05, 0) is 25.1 Å². The van der Waals surface area contributed by atoms with Gasteiger partial charge in [0.15, 0.2) is 0 Å². The largest absolute Gasteiger partial charge is 0.376 e. The lowest BCUT2D eigenvalue weighted by molar-refractivity contribution is 0.0102. The molecule has 2 aliphatic rings. The highest BCUT2D eigenvalue weighted by atomic mass is 32.2. The number of nitrogens with zero attached hydrogens (tertiary/aromatic N) is 2. The average Bonchev–Trinajstić information content (AvgIpc) is 2.46. The fourth-order valence-corrected chi connectivity index (χ4v) is 4.96. The van der Waals surface area contributed by atoms with Crippen molar-refractivity contribution in [2.45, 2.75) is 22.8 Å². The van der Waals surface area contributed by atoms with Crippen LogP contribution in [-0.4, -0.2) is 53.3 Å². The predicted molar refractivity (Wildman–Crippen MR) is 79.9 cm³/mol. The van der Waals surface area contributed by atoms with E-state index in [9.17, 15) is 16.8 Å². The molecule has 1 atom stereocenters. The van der Waals surface area contributed by atoms with Crippen LogP contribution in [0, 0.1) is 0 Å². The maximum Gasteiger partial charge on any atom is 0.285 e. The standard InChI is InChI=1S/C12H15N3O5S2/c1-9-7-15(4-5-20-9)22(18,19)10-2-3-11-12(6-10)21(16,17)14-8-13-11/h2-3,6,8-9H,4-5,7H2,1H3,(H,13,14)/t9-/m1/s1. The van der Waals surface area contributed by atoms with Crippen LogP contribution < -0.4 is 5.32 Å². The topological polar surface area (TPSA) is 105 Å². The first-order valence-corrected chi connectivity index (χ1v) is 9.50. The van der Waals surface area contributed by atoms with Crippen molar-refractivity contribution in [2.24, 2.45) is 4.40 Å². The van der Waals surface area contributed by atoms with Gasteiger partial charge in [0, 0.05) is 13.1 Å². The molecule has 1 aromatic carbocycles. The fourth-order valence-electron chi connectivity index (χ4n) is 2.37. The van der Waals surface area contributed by atoms with Gasteiger partial charge in [-0.15, -0.1) is 4.40 Å². The second kappa shape index (κ2) is 5.30. The average molecular weight is 345 g/mol. The first kappa shape index (κ1) is 15.4. The molecule has 0 aliphatic carbocycles. The van der Waals surface area contributed by atoms with Crippen molar-refractivity contribution >= 4 is 32.1 Å².